The van der Waals surface area contributed by atoms with Crippen molar-refractivity contribution >= 4 is 13.7 Å². The minimum Gasteiger partial charge on any atom is -0.387 e. The number of nitrogens with zero attached hydrogens (tertiary/aromatic N) is 1. The highest BCUT2D eigenvalue weighted by atomic mass is 31.2. The summed E-state index contributed by atoms with van der Waals surface area (Å²) in [5.41, 5.74) is 0. The molecule has 0 saturated heterocycles. The van der Waals surface area contributed by atoms with Crippen LogP contribution < -0.4 is 5.32 Å². The van der Waals surface area contributed by atoms with Crippen LogP contribution in [-0.2, 0) is 18.4 Å². The van der Waals surface area contributed by atoms with Crippen LogP contribution in [0.5, 0.6) is 0 Å². The number of amides is 1. The summed E-state index contributed by atoms with van der Waals surface area (Å²) in [6.45, 7) is 4.63. The van der Waals surface area contributed by atoms with Gasteiger partial charge in [-0.1, -0.05) is 250 Å². The van der Waals surface area contributed by atoms with Gasteiger partial charge in [0, 0.05) is 6.42 Å². The Bertz CT molecular complexity index is 1660. The van der Waals surface area contributed by atoms with E-state index in [1.807, 2.05) is 27.2 Å². The number of hydrogen-bond acceptors (Lipinski definition) is 5. The first-order valence-corrected chi connectivity index (χ1v) is 31.1. The molecule has 0 aliphatic carbocycles. The van der Waals surface area contributed by atoms with Crippen molar-refractivity contribution in [3.05, 3.63) is 134 Å². The van der Waals surface area contributed by atoms with Gasteiger partial charge in [-0.2, -0.15) is 0 Å². The number of allylic oxidation sites excluding steroid dienone is 21. The Morgan fingerprint density at radius 3 is 1.24 bits per heavy atom. The van der Waals surface area contributed by atoms with E-state index in [2.05, 4.69) is 141 Å². The highest BCUT2D eigenvalue weighted by Crippen LogP contribution is 2.43. The molecule has 1 amide bonds. The van der Waals surface area contributed by atoms with Gasteiger partial charge in [0.25, 0.3) is 0 Å². The van der Waals surface area contributed by atoms with Gasteiger partial charge in [-0.15, -0.1) is 0 Å². The summed E-state index contributed by atoms with van der Waals surface area (Å²) in [4.78, 5) is 23.3. The number of carbonyl (C=O) groups is 1. The fourth-order valence-electron chi connectivity index (χ4n) is 7.76. The zero-order valence-electron chi connectivity index (χ0n) is 48.0. The second-order valence-electron chi connectivity index (χ2n) is 20.6. The van der Waals surface area contributed by atoms with Gasteiger partial charge < -0.3 is 19.8 Å². The van der Waals surface area contributed by atoms with Gasteiger partial charge in [-0.25, -0.2) is 4.57 Å². The van der Waals surface area contributed by atoms with Crippen LogP contribution in [0.15, 0.2) is 134 Å². The van der Waals surface area contributed by atoms with Crippen molar-refractivity contribution in [3.63, 3.8) is 0 Å². The fourth-order valence-corrected chi connectivity index (χ4v) is 8.50. The number of quaternary nitrogens is 1. The van der Waals surface area contributed by atoms with E-state index in [0.29, 0.717) is 17.4 Å². The van der Waals surface area contributed by atoms with Gasteiger partial charge in [-0.3, -0.25) is 13.8 Å². The van der Waals surface area contributed by atoms with Crippen molar-refractivity contribution in [1.29, 1.82) is 0 Å². The highest BCUT2D eigenvalue weighted by Gasteiger charge is 2.27. The molecule has 0 aliphatic rings. The van der Waals surface area contributed by atoms with Crippen LogP contribution in [0, 0.1) is 0 Å². The molecule has 9 heteroatoms. The Morgan fingerprint density at radius 2 is 0.824 bits per heavy atom. The molecule has 0 aliphatic heterocycles. The van der Waals surface area contributed by atoms with Crippen LogP contribution in [0.2, 0.25) is 0 Å². The predicted molar refractivity (Wildman–Crippen MR) is 322 cm³/mol. The SMILES string of the molecule is CC/C=C\C/C=C\C/C=C\C/C=C\C/C=C\C/C=C\C/C=C\C/C=C\C/C=C\CCCC(=O)NC(COP(=O)(O)OCC[N+](C)(C)C)C(O)/C=C/CC/C=C/CCCCCCCCCCCCCCCCCCC. The normalized spacial score (nSPS) is 14.9. The standard InChI is InChI=1S/C65H111N2O6P/c1-6-8-10-12-14-16-18-20-22-24-26-28-30-31-32-33-34-35-37-39-41-43-45-47-49-51-53-55-57-59-65(69)66-63(62-73-74(70,71)72-61-60-67(3,4)5)64(68)58-56-54-52-50-48-46-44-42-40-38-36-29-27-25-23-21-19-17-15-13-11-9-7-2/h8,10,14,16,20,22,26,28,31-32,34-35,39,41,45,47-48,50-51,53,56,58,63-64,68H,6-7,9,11-13,15,17-19,21,23-25,27,29-30,33,36-38,40,42-44,46,49,52,54-55,57,59-62H2,1-5H3,(H-,66,69,70,71)/p+1/b10-8-,16-14-,22-20-,28-26-,32-31-,35-34-,41-39-,47-45-,50-48+,53-51-,58-56+. The minimum absolute atomic E-state index is 0.0376. The van der Waals surface area contributed by atoms with Crippen LogP contribution >= 0.6 is 7.82 Å². The van der Waals surface area contributed by atoms with E-state index < -0.39 is 20.0 Å². The molecule has 74 heavy (non-hydrogen) atoms. The molecule has 0 fully saturated rings. The molecule has 0 aromatic carbocycles. The highest BCUT2D eigenvalue weighted by molar-refractivity contribution is 7.47. The Balaban J connectivity index is 4.41. The third-order valence-corrected chi connectivity index (χ3v) is 13.3. The fraction of sp³-hybridized carbons (Fsp3) is 0.646. The summed E-state index contributed by atoms with van der Waals surface area (Å²) in [6.07, 6.45) is 82.8. The molecule has 0 aromatic rings. The number of aliphatic hydroxyl groups excluding tert-OH is 1. The van der Waals surface area contributed by atoms with Crippen molar-refractivity contribution in [2.45, 2.75) is 231 Å². The molecule has 3 atom stereocenters. The molecule has 0 saturated carbocycles. The largest absolute Gasteiger partial charge is 0.472 e. The molecule has 8 nitrogen and oxygen atoms in total. The maximum absolute atomic E-state index is 13.0. The lowest BCUT2D eigenvalue weighted by molar-refractivity contribution is -0.870. The smallest absolute Gasteiger partial charge is 0.387 e. The second kappa shape index (κ2) is 54.4. The lowest BCUT2D eigenvalue weighted by Gasteiger charge is -2.25. The third kappa shape index (κ3) is 56.4. The van der Waals surface area contributed by atoms with Crippen molar-refractivity contribution < 1.29 is 32.9 Å². The number of unbranched alkanes of at least 4 members (excludes halogenated alkanes) is 19. The summed E-state index contributed by atoms with van der Waals surface area (Å²) >= 11 is 0. The number of likely N-dealkylation sites (N-methyl/N-ethyl adjacent to an activating group) is 1. The summed E-state index contributed by atoms with van der Waals surface area (Å²) in [7, 11) is 1.50. The first-order chi connectivity index (χ1) is 36.0. The maximum Gasteiger partial charge on any atom is 0.472 e. The van der Waals surface area contributed by atoms with E-state index in [1.54, 1.807) is 6.08 Å². The zero-order chi connectivity index (χ0) is 54.2. The van der Waals surface area contributed by atoms with Crippen LogP contribution in [0.1, 0.15) is 219 Å². The minimum atomic E-state index is -4.38. The molecule has 0 bridgehead atoms. The topological polar surface area (TPSA) is 105 Å². The summed E-state index contributed by atoms with van der Waals surface area (Å²) in [5, 5.41) is 13.9. The van der Waals surface area contributed by atoms with Gasteiger partial charge in [0.2, 0.25) is 5.91 Å². The van der Waals surface area contributed by atoms with Gasteiger partial charge in [-0.05, 0) is 96.3 Å². The van der Waals surface area contributed by atoms with Gasteiger partial charge in [0.15, 0.2) is 0 Å². The average molecular weight is 1050 g/mol. The van der Waals surface area contributed by atoms with Gasteiger partial charge in [0.1, 0.15) is 13.2 Å². The Kier molecular flexibility index (Phi) is 52.0. The number of aliphatic hydroxyl groups is 1. The number of rotatable bonds is 52. The Morgan fingerprint density at radius 1 is 0.473 bits per heavy atom. The molecule has 0 rings (SSSR count). The quantitative estimate of drug-likeness (QED) is 0.0243. The number of nitrogens with one attached hydrogen (secondary N) is 1. The van der Waals surface area contributed by atoms with Crippen LogP contribution in [-0.4, -0.2) is 73.4 Å². The van der Waals surface area contributed by atoms with Gasteiger partial charge in [0.05, 0.1) is 39.9 Å². The molecule has 3 unspecified atom stereocenters. The van der Waals surface area contributed by atoms with E-state index in [4.69, 9.17) is 9.05 Å². The molecule has 0 heterocycles. The molecule has 0 spiro atoms. The molecule has 422 valence electrons. The summed E-state index contributed by atoms with van der Waals surface area (Å²) in [5.74, 6) is -0.249. The first kappa shape index (κ1) is 70.6. The Labute approximate surface area is 456 Å². The third-order valence-electron chi connectivity index (χ3n) is 12.4. The van der Waals surface area contributed by atoms with E-state index in [0.717, 1.165) is 83.5 Å². The lowest BCUT2D eigenvalue weighted by Crippen LogP contribution is -2.45. The Hall–Kier alpha value is -3.36. The number of phosphoric acid groups is 1. The lowest BCUT2D eigenvalue weighted by atomic mass is 10.0. The van der Waals surface area contributed by atoms with Gasteiger partial charge >= 0.3 is 7.82 Å². The molecular formula is C65H112N2O6P+. The number of phosphoric ester groups is 1. The van der Waals surface area contributed by atoms with Crippen LogP contribution in [0.4, 0.5) is 0 Å². The first-order valence-electron chi connectivity index (χ1n) is 29.6. The second-order valence-corrected chi connectivity index (χ2v) is 22.1. The summed E-state index contributed by atoms with van der Waals surface area (Å²) < 4.78 is 23.7. The van der Waals surface area contributed by atoms with Crippen molar-refractivity contribution in [3.8, 4) is 0 Å². The van der Waals surface area contributed by atoms with Crippen molar-refractivity contribution in [2.75, 3.05) is 40.9 Å². The predicted octanol–water partition coefficient (Wildman–Crippen LogP) is 18.3. The molecule has 0 aromatic heterocycles. The number of carbonyl (C=O) groups excluding carboxylic acids is 1. The molecular weight excluding hydrogens is 936 g/mol. The maximum atomic E-state index is 13.0. The van der Waals surface area contributed by atoms with Crippen LogP contribution in [0.3, 0.4) is 0 Å². The zero-order valence-corrected chi connectivity index (χ0v) is 48.9. The average Bonchev–Trinajstić information content (AvgIpc) is 3.36. The molecule has 3 N–H and O–H groups in total. The molecule has 0 radical (unpaired) electrons. The van der Waals surface area contributed by atoms with E-state index in [1.165, 1.54) is 109 Å². The number of hydrogen-bond donors (Lipinski definition) is 3. The van der Waals surface area contributed by atoms with Crippen molar-refractivity contribution in [1.82, 2.24) is 5.32 Å². The van der Waals surface area contributed by atoms with E-state index >= 15 is 0 Å². The van der Waals surface area contributed by atoms with E-state index in [-0.39, 0.29) is 25.5 Å². The van der Waals surface area contributed by atoms with E-state index in [9.17, 15) is 19.4 Å². The van der Waals surface area contributed by atoms with Crippen molar-refractivity contribution in [2.24, 2.45) is 0 Å². The van der Waals surface area contributed by atoms with Crippen LogP contribution in [0.25, 0.3) is 0 Å². The summed E-state index contributed by atoms with van der Waals surface area (Å²) in [6, 6.07) is -0.906. The monoisotopic (exact) mass is 1050 g/mol.